The average molecular weight is 380 g/mol. The maximum absolute atomic E-state index is 11.5. The molecule has 0 aromatic carbocycles. The summed E-state index contributed by atoms with van der Waals surface area (Å²) in [6.45, 7) is 9.12. The van der Waals surface area contributed by atoms with Gasteiger partial charge in [0.05, 0.1) is 19.3 Å². The molecule has 144 valence electrons. The van der Waals surface area contributed by atoms with Gasteiger partial charge in [-0.25, -0.2) is 0 Å². The largest absolute Gasteiger partial charge is 0.379 e. The van der Waals surface area contributed by atoms with Crippen LogP contribution >= 0.6 is 11.3 Å². The van der Waals surface area contributed by atoms with E-state index in [1.165, 1.54) is 4.88 Å². The average Bonchev–Trinajstić information content (AvgIpc) is 3.20. The zero-order valence-electron chi connectivity index (χ0n) is 15.7. The molecule has 0 aliphatic carbocycles. The summed E-state index contributed by atoms with van der Waals surface area (Å²) in [6.07, 6.45) is 0. The molecule has 2 aliphatic heterocycles. The lowest BCUT2D eigenvalue weighted by molar-refractivity contribution is -0.130. The number of nitrogens with zero attached hydrogens (tertiary/aromatic N) is 4. The molecule has 1 unspecified atom stereocenters. The van der Waals surface area contributed by atoms with Crippen LogP contribution in [-0.2, 0) is 9.53 Å². The third kappa shape index (κ3) is 4.75. The molecule has 0 spiro atoms. The molecule has 1 aromatic rings. The van der Waals surface area contributed by atoms with Crippen LogP contribution in [0.4, 0.5) is 0 Å². The number of aliphatic imine (C=N–C) groups is 1. The van der Waals surface area contributed by atoms with Crippen molar-refractivity contribution in [2.75, 3.05) is 66.1 Å². The van der Waals surface area contributed by atoms with E-state index in [-0.39, 0.29) is 5.91 Å². The first-order valence-corrected chi connectivity index (χ1v) is 10.1. The van der Waals surface area contributed by atoms with Gasteiger partial charge in [0.1, 0.15) is 0 Å². The Bertz CT molecular complexity index is 593. The molecule has 2 fully saturated rings. The number of morpholine rings is 1. The van der Waals surface area contributed by atoms with Crippen molar-refractivity contribution in [3.05, 3.63) is 22.4 Å². The lowest BCUT2D eigenvalue weighted by Gasteiger charge is -2.38. The van der Waals surface area contributed by atoms with Crippen LogP contribution in [0.5, 0.6) is 0 Å². The monoisotopic (exact) mass is 379 g/mol. The summed E-state index contributed by atoms with van der Waals surface area (Å²) in [5.41, 5.74) is 0. The van der Waals surface area contributed by atoms with Gasteiger partial charge in [0.25, 0.3) is 0 Å². The van der Waals surface area contributed by atoms with Crippen LogP contribution in [0, 0.1) is 0 Å². The van der Waals surface area contributed by atoms with Crippen LogP contribution in [0.25, 0.3) is 0 Å². The molecule has 2 aliphatic rings. The molecule has 1 aromatic heterocycles. The molecule has 1 N–H and O–H groups in total. The van der Waals surface area contributed by atoms with E-state index in [1.807, 2.05) is 11.9 Å². The predicted molar refractivity (Wildman–Crippen MR) is 105 cm³/mol. The van der Waals surface area contributed by atoms with Crippen LogP contribution in [0.3, 0.4) is 0 Å². The summed E-state index contributed by atoms with van der Waals surface area (Å²) in [5.74, 6) is 1.07. The van der Waals surface area contributed by atoms with Gasteiger partial charge in [-0.2, -0.15) is 0 Å². The molecule has 3 heterocycles. The first kappa shape index (κ1) is 19.1. The fraction of sp³-hybridized carbons (Fsp3) is 0.667. The van der Waals surface area contributed by atoms with Crippen molar-refractivity contribution in [1.29, 1.82) is 0 Å². The highest BCUT2D eigenvalue weighted by Crippen LogP contribution is 2.25. The number of carbonyl (C=O) groups is 1. The van der Waals surface area contributed by atoms with Gasteiger partial charge in [-0.05, 0) is 11.4 Å². The van der Waals surface area contributed by atoms with Crippen LogP contribution in [-0.4, -0.2) is 92.6 Å². The predicted octanol–water partition coefficient (Wildman–Crippen LogP) is 0.861. The molecule has 2 saturated heterocycles. The van der Waals surface area contributed by atoms with E-state index in [9.17, 15) is 4.79 Å². The van der Waals surface area contributed by atoms with E-state index >= 15 is 0 Å². The minimum absolute atomic E-state index is 0.151. The zero-order valence-corrected chi connectivity index (χ0v) is 16.5. The lowest BCUT2D eigenvalue weighted by Crippen LogP contribution is -2.54. The molecule has 0 saturated carbocycles. The summed E-state index contributed by atoms with van der Waals surface area (Å²) < 4.78 is 5.52. The van der Waals surface area contributed by atoms with Crippen molar-refractivity contribution < 1.29 is 9.53 Å². The number of rotatable bonds is 4. The van der Waals surface area contributed by atoms with Gasteiger partial charge in [0.2, 0.25) is 5.91 Å². The van der Waals surface area contributed by atoms with Gasteiger partial charge in [0.15, 0.2) is 5.96 Å². The number of carbonyl (C=O) groups excluding carboxylic acids is 1. The maximum Gasteiger partial charge on any atom is 0.219 e. The van der Waals surface area contributed by atoms with Gasteiger partial charge in [-0.3, -0.25) is 14.7 Å². The van der Waals surface area contributed by atoms with Crippen molar-refractivity contribution in [2.24, 2.45) is 4.99 Å². The van der Waals surface area contributed by atoms with Gasteiger partial charge < -0.3 is 19.9 Å². The van der Waals surface area contributed by atoms with E-state index in [4.69, 9.17) is 4.74 Å². The van der Waals surface area contributed by atoms with Gasteiger partial charge >= 0.3 is 0 Å². The van der Waals surface area contributed by atoms with E-state index in [1.54, 1.807) is 18.3 Å². The smallest absolute Gasteiger partial charge is 0.219 e. The van der Waals surface area contributed by atoms with Crippen LogP contribution in [0.2, 0.25) is 0 Å². The van der Waals surface area contributed by atoms with Crippen molar-refractivity contribution in [3.63, 3.8) is 0 Å². The number of hydrogen-bond donors (Lipinski definition) is 1. The minimum Gasteiger partial charge on any atom is -0.379 e. The number of piperazine rings is 1. The topological polar surface area (TPSA) is 60.4 Å². The Labute approximate surface area is 159 Å². The lowest BCUT2D eigenvalue weighted by atomic mass is 10.2. The highest BCUT2D eigenvalue weighted by molar-refractivity contribution is 7.10. The molecular formula is C18H29N5O2S. The number of hydrogen-bond acceptors (Lipinski definition) is 5. The summed E-state index contributed by atoms with van der Waals surface area (Å²) in [6, 6.07) is 4.65. The van der Waals surface area contributed by atoms with Crippen molar-refractivity contribution in [3.8, 4) is 0 Å². The molecular weight excluding hydrogens is 350 g/mol. The highest BCUT2D eigenvalue weighted by atomic mass is 32.1. The second-order valence-corrected chi connectivity index (χ2v) is 7.58. The van der Waals surface area contributed by atoms with E-state index < -0.39 is 0 Å². The zero-order chi connectivity index (χ0) is 18.4. The van der Waals surface area contributed by atoms with Crippen LogP contribution in [0.15, 0.2) is 22.5 Å². The maximum atomic E-state index is 11.5. The van der Waals surface area contributed by atoms with E-state index in [0.717, 1.165) is 65.0 Å². The molecule has 8 heteroatoms. The van der Waals surface area contributed by atoms with Gasteiger partial charge in [-0.15, -0.1) is 11.3 Å². The summed E-state index contributed by atoms with van der Waals surface area (Å²) in [4.78, 5) is 24.0. The Morgan fingerprint density at radius 1 is 1.23 bits per heavy atom. The standard InChI is InChI=1S/C18H29N5O2S/c1-15(24)21-5-7-23(8-6-21)18(19-2)20-14-16(17-4-3-13-26-17)22-9-11-25-12-10-22/h3-4,13,16H,5-12,14H2,1-2H3,(H,19,20). The Morgan fingerprint density at radius 2 is 1.92 bits per heavy atom. The molecule has 3 rings (SSSR count). The van der Waals surface area contributed by atoms with Crippen molar-refractivity contribution >= 4 is 23.2 Å². The van der Waals surface area contributed by atoms with Crippen molar-refractivity contribution in [2.45, 2.75) is 13.0 Å². The molecule has 1 atom stereocenters. The second-order valence-electron chi connectivity index (χ2n) is 6.60. The molecule has 0 radical (unpaired) electrons. The third-order valence-corrected chi connectivity index (χ3v) is 6.02. The highest BCUT2D eigenvalue weighted by Gasteiger charge is 2.25. The minimum atomic E-state index is 0.151. The number of amides is 1. The number of ether oxygens (including phenoxy) is 1. The summed E-state index contributed by atoms with van der Waals surface area (Å²) in [5, 5.41) is 5.70. The molecule has 7 nitrogen and oxygen atoms in total. The summed E-state index contributed by atoms with van der Waals surface area (Å²) in [7, 11) is 1.83. The quantitative estimate of drug-likeness (QED) is 0.621. The Morgan fingerprint density at radius 3 is 2.50 bits per heavy atom. The number of nitrogens with one attached hydrogen (secondary N) is 1. The van der Waals surface area contributed by atoms with Crippen LogP contribution < -0.4 is 5.32 Å². The summed E-state index contributed by atoms with van der Waals surface area (Å²) >= 11 is 1.80. The first-order valence-electron chi connectivity index (χ1n) is 9.25. The third-order valence-electron chi connectivity index (χ3n) is 5.05. The number of guanidine groups is 1. The van der Waals surface area contributed by atoms with Gasteiger partial charge in [0, 0.05) is 64.7 Å². The van der Waals surface area contributed by atoms with E-state index in [2.05, 4.69) is 37.6 Å². The molecule has 1 amide bonds. The van der Waals surface area contributed by atoms with E-state index in [0.29, 0.717) is 6.04 Å². The number of thiophene rings is 1. The first-order chi connectivity index (χ1) is 12.7. The molecule has 26 heavy (non-hydrogen) atoms. The van der Waals surface area contributed by atoms with Gasteiger partial charge in [-0.1, -0.05) is 6.07 Å². The Kier molecular flexibility index (Phi) is 6.87. The Balaban J connectivity index is 1.59. The van der Waals surface area contributed by atoms with Crippen molar-refractivity contribution in [1.82, 2.24) is 20.0 Å². The second kappa shape index (κ2) is 9.34. The van der Waals surface area contributed by atoms with Crippen LogP contribution in [0.1, 0.15) is 17.8 Å². The molecule has 0 bridgehead atoms. The normalized spacial score (nSPS) is 20.9. The SMILES string of the molecule is CN=C(NCC(c1cccs1)N1CCOCC1)N1CCN(C(C)=O)CC1. The Hall–Kier alpha value is -1.64. The fourth-order valence-electron chi connectivity index (χ4n) is 3.53. The fourth-order valence-corrected chi connectivity index (χ4v) is 4.39.